The first-order chi connectivity index (χ1) is 15.9. The molecule has 1 N–H and O–H groups in total. The van der Waals surface area contributed by atoms with Gasteiger partial charge in [-0.3, -0.25) is 9.59 Å². The lowest BCUT2D eigenvalue weighted by Gasteiger charge is -2.24. The van der Waals surface area contributed by atoms with Crippen LogP contribution in [0.15, 0.2) is 42.5 Å². The zero-order valence-corrected chi connectivity index (χ0v) is 19.9. The minimum absolute atomic E-state index is 0.155. The quantitative estimate of drug-likeness (QED) is 0.429. The van der Waals surface area contributed by atoms with Gasteiger partial charge in [0.25, 0.3) is 0 Å². The number of aryl methyl sites for hydroxylation is 1. The number of aliphatic carboxylic acids is 1. The van der Waals surface area contributed by atoms with E-state index in [9.17, 15) is 14.7 Å². The van der Waals surface area contributed by atoms with Crippen LogP contribution in [0.2, 0.25) is 10.0 Å². The summed E-state index contributed by atoms with van der Waals surface area (Å²) in [4.78, 5) is 30.8. The monoisotopic (exact) mass is 487 g/mol. The summed E-state index contributed by atoms with van der Waals surface area (Å²) in [7, 11) is 0. The maximum absolute atomic E-state index is 13.1. The van der Waals surface area contributed by atoms with Crippen molar-refractivity contribution in [3.8, 4) is 0 Å². The van der Waals surface area contributed by atoms with Crippen molar-refractivity contribution >= 4 is 46.1 Å². The Morgan fingerprint density at radius 1 is 1.06 bits per heavy atom. The van der Waals surface area contributed by atoms with Crippen molar-refractivity contribution in [3.05, 3.63) is 63.9 Å². The Morgan fingerprint density at radius 2 is 1.82 bits per heavy atom. The Hall–Kier alpha value is -2.57. The molecule has 0 aliphatic heterocycles. The number of amides is 1. The summed E-state index contributed by atoms with van der Waals surface area (Å²) in [5, 5.41) is 10.2. The summed E-state index contributed by atoms with van der Waals surface area (Å²) >= 11 is 12.1. The highest BCUT2D eigenvalue weighted by Gasteiger charge is 2.24. The molecule has 1 saturated carbocycles. The lowest BCUT2D eigenvalue weighted by Crippen LogP contribution is -2.35. The van der Waals surface area contributed by atoms with Gasteiger partial charge in [0.05, 0.1) is 21.1 Å². The molecule has 33 heavy (non-hydrogen) atoms. The molecule has 0 unspecified atom stereocenters. The number of carboxylic acids is 1. The zero-order chi connectivity index (χ0) is 23.4. The number of rotatable bonds is 8. The van der Waals surface area contributed by atoms with Gasteiger partial charge < -0.3 is 14.6 Å². The van der Waals surface area contributed by atoms with Crippen molar-refractivity contribution in [1.82, 2.24) is 14.5 Å². The van der Waals surface area contributed by atoms with Crippen LogP contribution >= 0.6 is 23.2 Å². The number of hydrogen-bond acceptors (Lipinski definition) is 3. The molecule has 8 heteroatoms. The average Bonchev–Trinajstić information content (AvgIpc) is 3.18. The topological polar surface area (TPSA) is 75.4 Å². The van der Waals surface area contributed by atoms with Crippen LogP contribution in [0.1, 0.15) is 55.8 Å². The molecule has 1 aliphatic carbocycles. The summed E-state index contributed by atoms with van der Waals surface area (Å²) < 4.78 is 2.15. The number of imidazole rings is 1. The molecule has 1 fully saturated rings. The van der Waals surface area contributed by atoms with E-state index in [1.54, 1.807) is 18.2 Å². The van der Waals surface area contributed by atoms with Crippen LogP contribution in [0.3, 0.4) is 0 Å². The molecule has 1 heterocycles. The van der Waals surface area contributed by atoms with E-state index in [2.05, 4.69) is 4.57 Å². The highest BCUT2D eigenvalue weighted by molar-refractivity contribution is 6.42. The molecule has 1 aromatic heterocycles. The van der Waals surface area contributed by atoms with E-state index >= 15 is 0 Å². The first-order valence-electron chi connectivity index (χ1n) is 11.3. The summed E-state index contributed by atoms with van der Waals surface area (Å²) in [6, 6.07) is 13.0. The molecule has 4 rings (SSSR count). The molecule has 1 aliphatic rings. The number of benzene rings is 2. The molecule has 0 spiro atoms. The second-order valence-electron chi connectivity index (χ2n) is 8.59. The van der Waals surface area contributed by atoms with E-state index in [1.165, 1.54) is 24.2 Å². The van der Waals surface area contributed by atoms with Crippen LogP contribution in [-0.4, -0.2) is 38.0 Å². The Kier molecular flexibility index (Phi) is 7.56. The molecule has 0 radical (unpaired) electrons. The first kappa shape index (κ1) is 23.6. The van der Waals surface area contributed by atoms with Gasteiger partial charge in [-0.25, -0.2) is 4.98 Å². The summed E-state index contributed by atoms with van der Waals surface area (Å²) in [6.07, 6.45) is 6.06. The predicted octanol–water partition coefficient (Wildman–Crippen LogP) is 5.89. The van der Waals surface area contributed by atoms with E-state index in [0.29, 0.717) is 22.5 Å². The summed E-state index contributed by atoms with van der Waals surface area (Å²) in [6.45, 7) is 0.240. The zero-order valence-electron chi connectivity index (χ0n) is 18.3. The number of carbonyl (C=O) groups excluding carboxylic acids is 1. The number of fused-ring (bicyclic) bond motifs is 1. The van der Waals surface area contributed by atoms with Crippen molar-refractivity contribution in [1.29, 1.82) is 0 Å². The molecule has 0 atom stereocenters. The molecular weight excluding hydrogens is 461 g/mol. The third kappa shape index (κ3) is 5.68. The fourth-order valence-corrected chi connectivity index (χ4v) is 4.94. The minimum atomic E-state index is -1.06. The van der Waals surface area contributed by atoms with Crippen LogP contribution in [0.5, 0.6) is 0 Å². The third-order valence-electron chi connectivity index (χ3n) is 6.24. The lowest BCUT2D eigenvalue weighted by molar-refractivity contribution is -0.145. The maximum atomic E-state index is 13.1. The van der Waals surface area contributed by atoms with Gasteiger partial charge >= 0.3 is 5.97 Å². The Morgan fingerprint density at radius 3 is 2.55 bits per heavy atom. The van der Waals surface area contributed by atoms with E-state index in [0.717, 1.165) is 35.3 Å². The lowest BCUT2D eigenvalue weighted by atomic mass is 9.88. The number of nitrogens with zero attached hydrogens (tertiary/aromatic N) is 3. The van der Waals surface area contributed by atoms with Gasteiger partial charge in [-0.15, -0.1) is 0 Å². The number of hydrogen-bond donors (Lipinski definition) is 1. The van der Waals surface area contributed by atoms with Crippen LogP contribution < -0.4 is 0 Å². The largest absolute Gasteiger partial charge is 0.480 e. The van der Waals surface area contributed by atoms with Gasteiger partial charge in [0.2, 0.25) is 5.91 Å². The predicted molar refractivity (Wildman–Crippen MR) is 130 cm³/mol. The molecule has 0 saturated heterocycles. The minimum Gasteiger partial charge on any atom is -0.480 e. The van der Waals surface area contributed by atoms with Crippen molar-refractivity contribution in [2.45, 2.75) is 57.5 Å². The second kappa shape index (κ2) is 10.6. The summed E-state index contributed by atoms with van der Waals surface area (Å²) in [5.74, 6) is 0.154. The number of halogens is 2. The normalized spacial score (nSPS) is 14.5. The van der Waals surface area contributed by atoms with Gasteiger partial charge in [0.15, 0.2) is 0 Å². The van der Waals surface area contributed by atoms with Gasteiger partial charge in [0.1, 0.15) is 12.4 Å². The molecular formula is C25H27Cl2N3O3. The van der Waals surface area contributed by atoms with Gasteiger partial charge in [-0.1, -0.05) is 60.7 Å². The molecule has 0 bridgehead atoms. The van der Waals surface area contributed by atoms with E-state index in [4.69, 9.17) is 28.2 Å². The van der Waals surface area contributed by atoms with E-state index < -0.39 is 5.97 Å². The average molecular weight is 488 g/mol. The fourth-order valence-electron chi connectivity index (χ4n) is 4.62. The van der Waals surface area contributed by atoms with Gasteiger partial charge in [-0.2, -0.15) is 0 Å². The van der Waals surface area contributed by atoms with Crippen molar-refractivity contribution < 1.29 is 14.7 Å². The van der Waals surface area contributed by atoms with Crippen LogP contribution in [0, 0.1) is 0 Å². The van der Waals surface area contributed by atoms with E-state index in [1.807, 2.05) is 24.3 Å². The van der Waals surface area contributed by atoms with Crippen LogP contribution in [0.25, 0.3) is 11.0 Å². The van der Waals surface area contributed by atoms with Crippen molar-refractivity contribution in [3.63, 3.8) is 0 Å². The maximum Gasteiger partial charge on any atom is 0.323 e. The molecule has 1 amide bonds. The number of carbonyl (C=O) groups is 2. The molecule has 174 valence electrons. The summed E-state index contributed by atoms with van der Waals surface area (Å²) in [5.41, 5.74) is 2.68. The third-order valence-corrected chi connectivity index (χ3v) is 6.98. The van der Waals surface area contributed by atoms with Crippen LogP contribution in [0.4, 0.5) is 0 Å². The Labute approximate surface area is 203 Å². The first-order valence-corrected chi connectivity index (χ1v) is 12.1. The second-order valence-corrected chi connectivity index (χ2v) is 9.40. The smallest absolute Gasteiger partial charge is 0.323 e. The van der Waals surface area contributed by atoms with Crippen LogP contribution in [-0.2, 0) is 22.7 Å². The number of para-hydroxylation sites is 2. The van der Waals surface area contributed by atoms with E-state index in [-0.39, 0.29) is 25.4 Å². The SMILES string of the molecule is O=C(O)CN(Cc1ccc(Cl)c(Cl)c1)C(=O)CCn1c(C2CCCCC2)nc2ccccc21. The molecule has 2 aromatic carbocycles. The fraction of sp³-hybridized carbons (Fsp3) is 0.400. The highest BCUT2D eigenvalue weighted by atomic mass is 35.5. The van der Waals surface area contributed by atoms with Gasteiger partial charge in [-0.05, 0) is 42.7 Å². The standard InChI is InChI=1S/C25H27Cl2N3O3/c26-19-11-10-17(14-20(19)27)15-29(16-24(32)33)23(31)12-13-30-22-9-5-4-8-21(22)28-25(30)18-6-2-1-3-7-18/h4-5,8-11,14,18H,1-3,6-7,12-13,15-16H2,(H,32,33). The molecule has 3 aromatic rings. The highest BCUT2D eigenvalue weighted by Crippen LogP contribution is 2.34. The van der Waals surface area contributed by atoms with Crippen molar-refractivity contribution in [2.24, 2.45) is 0 Å². The molecule has 6 nitrogen and oxygen atoms in total. The number of carboxylic acid groups (broad SMARTS) is 1. The Bertz CT molecular complexity index is 1160. The van der Waals surface area contributed by atoms with Gasteiger partial charge in [0, 0.05) is 25.4 Å². The Balaban J connectivity index is 1.54. The number of aromatic nitrogens is 2. The van der Waals surface area contributed by atoms with Crippen molar-refractivity contribution in [2.75, 3.05) is 6.54 Å².